The van der Waals surface area contributed by atoms with Crippen LogP contribution in [0.25, 0.3) is 5.65 Å². The Hall–Kier alpha value is -4.12. The van der Waals surface area contributed by atoms with Crippen LogP contribution in [0.2, 0.25) is 0 Å². The molecule has 0 saturated carbocycles. The zero-order valence-corrected chi connectivity index (χ0v) is 14.8. The van der Waals surface area contributed by atoms with Gasteiger partial charge in [0.05, 0.1) is 29.3 Å². The third-order valence-corrected chi connectivity index (χ3v) is 4.22. The van der Waals surface area contributed by atoms with E-state index in [9.17, 15) is 9.18 Å². The second-order valence-electron chi connectivity index (χ2n) is 6.13. The van der Waals surface area contributed by atoms with Crippen LogP contribution in [0, 0.1) is 24.6 Å². The number of hydrogen-bond acceptors (Lipinski definition) is 4. The number of amides is 1. The highest BCUT2D eigenvalue weighted by Crippen LogP contribution is 2.21. The number of primary amides is 1. The monoisotopic (exact) mass is 374 g/mol. The van der Waals surface area contributed by atoms with E-state index in [-0.39, 0.29) is 5.56 Å². The number of hydrogen-bond donors (Lipinski definition) is 3. The summed E-state index contributed by atoms with van der Waals surface area (Å²) >= 11 is 0. The van der Waals surface area contributed by atoms with Gasteiger partial charge in [-0.2, -0.15) is 5.10 Å². The van der Waals surface area contributed by atoms with Crippen molar-refractivity contribution in [1.82, 2.24) is 19.6 Å². The van der Waals surface area contributed by atoms with Crippen molar-refractivity contribution in [2.75, 3.05) is 5.32 Å². The molecule has 0 bridgehead atoms. The number of fused-ring (bicyclic) bond motifs is 1. The van der Waals surface area contributed by atoms with Gasteiger partial charge in [-0.15, -0.1) is 0 Å². The van der Waals surface area contributed by atoms with Gasteiger partial charge in [0, 0.05) is 18.0 Å². The Kier molecular flexibility index (Phi) is 4.26. The molecule has 4 rings (SSSR count). The normalized spacial score (nSPS) is 10.5. The van der Waals surface area contributed by atoms with Crippen molar-refractivity contribution in [1.29, 1.82) is 0 Å². The van der Waals surface area contributed by atoms with Gasteiger partial charge in [-0.3, -0.25) is 14.3 Å². The van der Waals surface area contributed by atoms with Crippen LogP contribution >= 0.6 is 0 Å². The molecule has 1 amide bonds. The third-order valence-electron chi connectivity index (χ3n) is 4.22. The summed E-state index contributed by atoms with van der Waals surface area (Å²) in [6, 6.07) is 6.40. The van der Waals surface area contributed by atoms with E-state index in [1.54, 1.807) is 25.5 Å². The number of halogens is 1. The van der Waals surface area contributed by atoms with Crippen LogP contribution in [0.3, 0.4) is 0 Å². The lowest BCUT2D eigenvalue weighted by atomic mass is 10.0. The van der Waals surface area contributed by atoms with Crippen LogP contribution in [0.15, 0.2) is 49.1 Å². The number of aromatic nitrogens is 4. The van der Waals surface area contributed by atoms with Gasteiger partial charge in [0.25, 0.3) is 5.91 Å². The van der Waals surface area contributed by atoms with Crippen molar-refractivity contribution < 1.29 is 9.18 Å². The summed E-state index contributed by atoms with van der Waals surface area (Å²) in [4.78, 5) is 15.8. The van der Waals surface area contributed by atoms with Crippen LogP contribution in [0.4, 0.5) is 15.8 Å². The molecule has 0 atom stereocenters. The highest BCUT2D eigenvalue weighted by atomic mass is 19.1. The first kappa shape index (κ1) is 17.3. The van der Waals surface area contributed by atoms with Gasteiger partial charge < -0.3 is 11.1 Å². The number of anilines is 2. The summed E-state index contributed by atoms with van der Waals surface area (Å²) in [6.45, 7) is 1.72. The number of H-pyrrole nitrogens is 1. The zero-order chi connectivity index (χ0) is 19.7. The number of aromatic amines is 1. The fourth-order valence-electron chi connectivity index (χ4n) is 2.80. The molecule has 7 nitrogen and oxygen atoms in total. The molecule has 0 spiro atoms. The van der Waals surface area contributed by atoms with E-state index in [4.69, 9.17) is 5.73 Å². The largest absolute Gasteiger partial charge is 0.366 e. The number of aryl methyl sites for hydroxylation is 1. The molecular formula is C20H15FN6O. The second kappa shape index (κ2) is 6.89. The second-order valence-corrected chi connectivity index (χ2v) is 6.13. The Morgan fingerprint density at radius 1 is 1.32 bits per heavy atom. The zero-order valence-electron chi connectivity index (χ0n) is 14.8. The smallest absolute Gasteiger partial charge is 0.251 e. The Morgan fingerprint density at radius 2 is 2.18 bits per heavy atom. The Bertz CT molecular complexity index is 1250. The standard InChI is InChI=1S/C20H15FN6O/c1-12-7-17(21)16(19(22)28)8-13(12)4-5-15-11-23-20-18(3-2-6-27(15)20)26-14-9-24-25-10-14/h2-3,6-11,26H,1H3,(H2,22,28)(H,24,25). The van der Waals surface area contributed by atoms with Crippen molar-refractivity contribution in [3.63, 3.8) is 0 Å². The average molecular weight is 374 g/mol. The van der Waals surface area contributed by atoms with Gasteiger partial charge in [0.1, 0.15) is 11.5 Å². The number of pyridine rings is 1. The highest BCUT2D eigenvalue weighted by molar-refractivity contribution is 5.93. The number of nitrogens with one attached hydrogen (secondary N) is 2. The van der Waals surface area contributed by atoms with Crippen molar-refractivity contribution in [2.24, 2.45) is 5.73 Å². The summed E-state index contributed by atoms with van der Waals surface area (Å²) in [5.74, 6) is 4.52. The maximum Gasteiger partial charge on any atom is 0.251 e. The predicted molar refractivity (Wildman–Crippen MR) is 103 cm³/mol. The number of imidazole rings is 1. The summed E-state index contributed by atoms with van der Waals surface area (Å²) in [5, 5.41) is 9.88. The molecule has 4 aromatic rings. The molecule has 4 N–H and O–H groups in total. The van der Waals surface area contributed by atoms with Crippen LogP contribution in [0.1, 0.15) is 27.2 Å². The van der Waals surface area contributed by atoms with Gasteiger partial charge in [0.15, 0.2) is 5.65 Å². The van der Waals surface area contributed by atoms with E-state index < -0.39 is 11.7 Å². The summed E-state index contributed by atoms with van der Waals surface area (Å²) in [6.07, 6.45) is 6.90. The third kappa shape index (κ3) is 3.17. The lowest BCUT2D eigenvalue weighted by molar-refractivity contribution is 0.0996. The molecular weight excluding hydrogens is 359 g/mol. The fourth-order valence-corrected chi connectivity index (χ4v) is 2.80. The first-order chi connectivity index (χ1) is 13.5. The maximum atomic E-state index is 13.8. The minimum atomic E-state index is -0.828. The SMILES string of the molecule is Cc1cc(F)c(C(N)=O)cc1C#Cc1cnc2c(Nc3cn[nH]c3)cccn12. The van der Waals surface area contributed by atoms with Crippen molar-refractivity contribution in [3.8, 4) is 11.8 Å². The quantitative estimate of drug-likeness (QED) is 0.480. The predicted octanol–water partition coefficient (Wildman–Crippen LogP) is 2.75. The van der Waals surface area contributed by atoms with Gasteiger partial charge in [-0.25, -0.2) is 9.37 Å². The van der Waals surface area contributed by atoms with Crippen molar-refractivity contribution >= 4 is 22.9 Å². The van der Waals surface area contributed by atoms with E-state index in [0.29, 0.717) is 22.5 Å². The fraction of sp³-hybridized carbons (Fsp3) is 0.0500. The molecule has 0 saturated heterocycles. The van der Waals surface area contributed by atoms with Crippen LogP contribution in [-0.2, 0) is 0 Å². The number of rotatable bonds is 3. The van der Waals surface area contributed by atoms with Gasteiger partial charge in [0.2, 0.25) is 0 Å². The summed E-state index contributed by atoms with van der Waals surface area (Å²) < 4.78 is 15.7. The lowest BCUT2D eigenvalue weighted by Gasteiger charge is -2.05. The minimum Gasteiger partial charge on any atom is -0.366 e. The number of benzene rings is 1. The van der Waals surface area contributed by atoms with E-state index in [0.717, 1.165) is 11.4 Å². The molecule has 0 aliphatic heterocycles. The average Bonchev–Trinajstić information content (AvgIpc) is 3.31. The number of nitrogens with two attached hydrogens (primary N) is 1. The minimum absolute atomic E-state index is 0.181. The van der Waals surface area contributed by atoms with Crippen molar-refractivity contribution in [3.05, 3.63) is 77.3 Å². The molecule has 138 valence electrons. The molecule has 0 aliphatic rings. The van der Waals surface area contributed by atoms with Crippen LogP contribution in [-0.4, -0.2) is 25.5 Å². The van der Waals surface area contributed by atoms with E-state index in [1.165, 1.54) is 12.1 Å². The molecule has 8 heteroatoms. The van der Waals surface area contributed by atoms with E-state index in [2.05, 4.69) is 32.3 Å². The van der Waals surface area contributed by atoms with Gasteiger partial charge >= 0.3 is 0 Å². The van der Waals surface area contributed by atoms with E-state index >= 15 is 0 Å². The first-order valence-corrected chi connectivity index (χ1v) is 8.37. The maximum absolute atomic E-state index is 13.8. The highest BCUT2D eigenvalue weighted by Gasteiger charge is 2.11. The molecule has 3 aromatic heterocycles. The van der Waals surface area contributed by atoms with Gasteiger partial charge in [-0.1, -0.05) is 5.92 Å². The molecule has 1 aromatic carbocycles. The van der Waals surface area contributed by atoms with Crippen molar-refractivity contribution in [2.45, 2.75) is 6.92 Å². The number of nitrogens with zero attached hydrogens (tertiary/aromatic N) is 3. The topological polar surface area (TPSA) is 101 Å². The lowest BCUT2D eigenvalue weighted by Crippen LogP contribution is -2.13. The van der Waals surface area contributed by atoms with Gasteiger partial charge in [-0.05, 0) is 42.7 Å². The Morgan fingerprint density at radius 3 is 2.93 bits per heavy atom. The molecule has 0 aliphatic carbocycles. The molecule has 0 fully saturated rings. The molecule has 0 radical (unpaired) electrons. The Balaban J connectivity index is 1.73. The molecule has 28 heavy (non-hydrogen) atoms. The molecule has 0 unspecified atom stereocenters. The number of carbonyl (C=O) groups excluding carboxylic acids is 1. The summed E-state index contributed by atoms with van der Waals surface area (Å²) in [7, 11) is 0. The van der Waals surface area contributed by atoms with Crippen LogP contribution in [0.5, 0.6) is 0 Å². The first-order valence-electron chi connectivity index (χ1n) is 8.37. The molecule has 3 heterocycles. The van der Waals surface area contributed by atoms with Crippen LogP contribution < -0.4 is 11.1 Å². The Labute approximate surface area is 159 Å². The van der Waals surface area contributed by atoms with E-state index in [1.807, 2.05) is 22.7 Å². The number of carbonyl (C=O) groups is 1. The summed E-state index contributed by atoms with van der Waals surface area (Å²) in [5.41, 5.74) is 9.13.